The number of nitrogens with zero attached hydrogens (tertiary/aromatic N) is 2. The van der Waals surface area contributed by atoms with Crippen molar-refractivity contribution in [2.24, 2.45) is 0 Å². The molecule has 2 fully saturated rings. The molecule has 2 aliphatic heterocycles. The molecule has 3 amide bonds. The van der Waals surface area contributed by atoms with Gasteiger partial charge in [0.2, 0.25) is 0 Å². The molecule has 1 atom stereocenters. The van der Waals surface area contributed by atoms with Crippen LogP contribution in [0.25, 0.3) is 0 Å². The first kappa shape index (κ1) is 18.5. The second kappa shape index (κ2) is 7.98. The fourth-order valence-corrected chi connectivity index (χ4v) is 3.69. The lowest BCUT2D eigenvalue weighted by molar-refractivity contribution is -0.139. The molecule has 0 saturated carbocycles. The fraction of sp³-hybridized carbons (Fsp3) is 0.600. The molecule has 1 aromatic carbocycles. The summed E-state index contributed by atoms with van der Waals surface area (Å²) in [5, 5.41) is 2.85. The Hall–Kier alpha value is -2.24. The van der Waals surface area contributed by atoms with E-state index in [1.165, 1.54) is 5.56 Å². The molecule has 2 heterocycles. The minimum Gasteiger partial charge on any atom is -0.481 e. The summed E-state index contributed by atoms with van der Waals surface area (Å²) in [6, 6.07) is 8.20. The Bertz CT molecular complexity index is 653. The highest BCUT2D eigenvalue weighted by molar-refractivity contribution is 5.81. The van der Waals surface area contributed by atoms with Gasteiger partial charge in [-0.3, -0.25) is 4.79 Å². The van der Waals surface area contributed by atoms with Crippen molar-refractivity contribution in [2.45, 2.75) is 51.7 Å². The number of amides is 3. The topological polar surface area (TPSA) is 61.9 Å². The number of ether oxygens (including phenoxy) is 1. The van der Waals surface area contributed by atoms with Crippen LogP contribution in [-0.4, -0.2) is 60.1 Å². The van der Waals surface area contributed by atoms with Crippen molar-refractivity contribution in [3.63, 3.8) is 0 Å². The quantitative estimate of drug-likeness (QED) is 0.879. The SMILES string of the molecule is CC(Oc1cccc(C(C)C)c1)C(=O)N1CCC(N2CCNC2=O)CC1. The maximum Gasteiger partial charge on any atom is 0.317 e. The van der Waals surface area contributed by atoms with E-state index >= 15 is 0 Å². The Morgan fingerprint density at radius 3 is 2.54 bits per heavy atom. The number of carbonyl (C=O) groups is 2. The lowest BCUT2D eigenvalue weighted by Crippen LogP contribution is -2.50. The number of piperidine rings is 1. The molecule has 0 bridgehead atoms. The van der Waals surface area contributed by atoms with Gasteiger partial charge in [-0.05, 0) is 43.4 Å². The molecule has 3 rings (SSSR count). The van der Waals surface area contributed by atoms with Crippen molar-refractivity contribution in [2.75, 3.05) is 26.2 Å². The maximum absolute atomic E-state index is 12.7. The van der Waals surface area contributed by atoms with Gasteiger partial charge in [0, 0.05) is 32.2 Å². The normalized spacial score (nSPS) is 19.6. The van der Waals surface area contributed by atoms with Crippen molar-refractivity contribution < 1.29 is 14.3 Å². The van der Waals surface area contributed by atoms with Gasteiger partial charge in [0.05, 0.1) is 0 Å². The van der Waals surface area contributed by atoms with Crippen LogP contribution in [0.4, 0.5) is 4.79 Å². The minimum absolute atomic E-state index is 0.0178. The molecule has 0 spiro atoms. The van der Waals surface area contributed by atoms with Crippen LogP contribution in [-0.2, 0) is 4.79 Å². The zero-order valence-corrected chi connectivity index (χ0v) is 15.9. The summed E-state index contributed by atoms with van der Waals surface area (Å²) in [6.07, 6.45) is 1.15. The van der Waals surface area contributed by atoms with Gasteiger partial charge in [-0.15, -0.1) is 0 Å². The van der Waals surface area contributed by atoms with Crippen LogP contribution in [0.15, 0.2) is 24.3 Å². The van der Waals surface area contributed by atoms with Crippen LogP contribution in [0.3, 0.4) is 0 Å². The van der Waals surface area contributed by atoms with Gasteiger partial charge in [-0.2, -0.15) is 0 Å². The largest absolute Gasteiger partial charge is 0.481 e. The number of hydrogen-bond donors (Lipinski definition) is 1. The molecule has 142 valence electrons. The third-order valence-corrected chi connectivity index (χ3v) is 5.29. The molecule has 1 aromatic rings. The first-order chi connectivity index (χ1) is 12.5. The van der Waals surface area contributed by atoms with E-state index in [9.17, 15) is 9.59 Å². The molecular weight excluding hydrogens is 330 g/mol. The predicted octanol–water partition coefficient (Wildman–Crippen LogP) is 2.59. The smallest absolute Gasteiger partial charge is 0.317 e. The number of hydrogen-bond acceptors (Lipinski definition) is 3. The van der Waals surface area contributed by atoms with E-state index < -0.39 is 6.10 Å². The monoisotopic (exact) mass is 359 g/mol. The van der Waals surface area contributed by atoms with E-state index in [4.69, 9.17) is 4.74 Å². The molecule has 2 saturated heterocycles. The summed E-state index contributed by atoms with van der Waals surface area (Å²) in [7, 11) is 0. The highest BCUT2D eigenvalue weighted by Crippen LogP contribution is 2.23. The summed E-state index contributed by atoms with van der Waals surface area (Å²) >= 11 is 0. The molecular formula is C20H29N3O3. The number of benzene rings is 1. The molecule has 1 N–H and O–H groups in total. The molecule has 6 nitrogen and oxygen atoms in total. The van der Waals surface area contributed by atoms with Gasteiger partial charge < -0.3 is 19.9 Å². The third-order valence-electron chi connectivity index (χ3n) is 5.29. The zero-order valence-electron chi connectivity index (χ0n) is 15.9. The van der Waals surface area contributed by atoms with Crippen molar-refractivity contribution in [1.29, 1.82) is 0 Å². The number of likely N-dealkylation sites (tertiary alicyclic amines) is 1. The highest BCUT2D eigenvalue weighted by atomic mass is 16.5. The van der Waals surface area contributed by atoms with Crippen LogP contribution >= 0.6 is 0 Å². The van der Waals surface area contributed by atoms with Crippen molar-refractivity contribution in [3.05, 3.63) is 29.8 Å². The number of urea groups is 1. The second-order valence-electron chi connectivity index (χ2n) is 7.47. The number of rotatable bonds is 5. The molecule has 0 radical (unpaired) electrons. The highest BCUT2D eigenvalue weighted by Gasteiger charge is 2.33. The van der Waals surface area contributed by atoms with Crippen molar-refractivity contribution in [3.8, 4) is 5.75 Å². The Morgan fingerprint density at radius 2 is 1.92 bits per heavy atom. The van der Waals surface area contributed by atoms with Gasteiger partial charge in [0.15, 0.2) is 6.10 Å². The summed E-state index contributed by atoms with van der Waals surface area (Å²) in [6.45, 7) is 8.92. The van der Waals surface area contributed by atoms with Crippen LogP contribution in [0.2, 0.25) is 0 Å². The van der Waals surface area contributed by atoms with Crippen LogP contribution in [0, 0.1) is 0 Å². The third kappa shape index (κ3) is 4.11. The molecule has 6 heteroatoms. The summed E-state index contributed by atoms with van der Waals surface area (Å²) < 4.78 is 5.90. The minimum atomic E-state index is -0.510. The average Bonchev–Trinajstić information content (AvgIpc) is 3.07. The zero-order chi connectivity index (χ0) is 18.7. The average molecular weight is 359 g/mol. The first-order valence-electron chi connectivity index (χ1n) is 9.55. The first-order valence-corrected chi connectivity index (χ1v) is 9.55. The van der Waals surface area contributed by atoms with Gasteiger partial charge in [-0.1, -0.05) is 26.0 Å². The fourth-order valence-electron chi connectivity index (χ4n) is 3.69. The van der Waals surface area contributed by atoms with E-state index in [-0.39, 0.29) is 18.0 Å². The summed E-state index contributed by atoms with van der Waals surface area (Å²) in [5.74, 6) is 1.18. The van der Waals surface area contributed by atoms with Gasteiger partial charge in [0.1, 0.15) is 5.75 Å². The summed E-state index contributed by atoms with van der Waals surface area (Å²) in [5.41, 5.74) is 1.20. The van der Waals surface area contributed by atoms with E-state index in [1.54, 1.807) is 0 Å². The maximum atomic E-state index is 12.7. The van der Waals surface area contributed by atoms with Crippen LogP contribution < -0.4 is 10.1 Å². The Kier molecular flexibility index (Phi) is 5.69. The molecule has 0 aliphatic carbocycles. The molecule has 1 unspecified atom stereocenters. The van der Waals surface area contributed by atoms with Crippen LogP contribution in [0.5, 0.6) is 5.75 Å². The molecule has 2 aliphatic rings. The number of carbonyl (C=O) groups excluding carboxylic acids is 2. The van der Waals surface area contributed by atoms with Crippen molar-refractivity contribution >= 4 is 11.9 Å². The van der Waals surface area contributed by atoms with E-state index in [2.05, 4.69) is 25.2 Å². The van der Waals surface area contributed by atoms with Gasteiger partial charge >= 0.3 is 6.03 Å². The van der Waals surface area contributed by atoms with Gasteiger partial charge in [-0.25, -0.2) is 4.79 Å². The Balaban J connectivity index is 1.53. The van der Waals surface area contributed by atoms with E-state index in [0.717, 1.165) is 31.7 Å². The van der Waals surface area contributed by atoms with E-state index in [0.29, 0.717) is 19.0 Å². The Labute approximate surface area is 155 Å². The van der Waals surface area contributed by atoms with E-state index in [1.807, 2.05) is 34.9 Å². The molecule has 26 heavy (non-hydrogen) atoms. The predicted molar refractivity (Wildman–Crippen MR) is 100 cm³/mol. The van der Waals surface area contributed by atoms with Crippen LogP contribution in [0.1, 0.15) is 45.1 Å². The summed E-state index contributed by atoms with van der Waals surface area (Å²) in [4.78, 5) is 28.3. The van der Waals surface area contributed by atoms with Gasteiger partial charge in [0.25, 0.3) is 5.91 Å². The second-order valence-corrected chi connectivity index (χ2v) is 7.47. The lowest BCUT2D eigenvalue weighted by Gasteiger charge is -2.37. The van der Waals surface area contributed by atoms with Crippen molar-refractivity contribution in [1.82, 2.24) is 15.1 Å². The standard InChI is InChI=1S/C20H29N3O3/c1-14(2)16-5-4-6-18(13-16)26-15(3)19(24)22-10-7-17(8-11-22)23-12-9-21-20(23)25/h4-6,13-15,17H,7-12H2,1-3H3,(H,21,25). The molecule has 0 aromatic heterocycles. The lowest BCUT2D eigenvalue weighted by atomic mass is 10.0. The number of nitrogens with one attached hydrogen (secondary N) is 1. The Morgan fingerprint density at radius 1 is 1.19 bits per heavy atom.